The summed E-state index contributed by atoms with van der Waals surface area (Å²) in [6, 6.07) is 0. The molecule has 0 aromatic carbocycles. The third-order valence-corrected chi connectivity index (χ3v) is 8.47. The van der Waals surface area contributed by atoms with Crippen LogP contribution in [-0.2, 0) is 65.4 Å². The van der Waals surface area contributed by atoms with Crippen LogP contribution in [0.25, 0.3) is 0 Å². The van der Waals surface area contributed by atoms with E-state index in [-0.39, 0.29) is 25.7 Å². The fraction of sp³-hybridized carbons (Fsp3) is 0.871. The van der Waals surface area contributed by atoms with Crippen molar-refractivity contribution in [1.82, 2.24) is 0 Å². The zero-order valence-corrected chi connectivity index (χ0v) is 31.6. The highest BCUT2D eigenvalue weighted by atomic mass is 31.2. The summed E-state index contributed by atoms with van der Waals surface area (Å²) >= 11 is 0. The molecule has 3 N–H and O–H groups in total. The summed E-state index contributed by atoms with van der Waals surface area (Å²) in [5.41, 5.74) is 0. The molecule has 294 valence electrons. The fourth-order valence-corrected chi connectivity index (χ4v) is 5.37. The predicted molar refractivity (Wildman–Crippen MR) is 178 cm³/mol. The lowest BCUT2D eigenvalue weighted by Crippen LogP contribution is -2.30. The van der Waals surface area contributed by atoms with Crippen LogP contribution in [0, 0.1) is 0 Å². The number of rotatable bonds is 32. The molecule has 0 aromatic rings. The van der Waals surface area contributed by atoms with Crippen molar-refractivity contribution in [1.29, 1.82) is 0 Å². The predicted octanol–water partition coefficient (Wildman–Crippen LogP) is 5.07. The number of aliphatic hydroxyl groups excluding tert-OH is 1. The molecule has 0 heterocycles. The maximum atomic E-state index is 12.4. The number of esters is 4. The standard InChI is InChI=1S/C31H58O17P2/c1-5-9-12-13-14-18-31(36)48-27(22-42-29(34)16-10-6-2)24-46-50(39,40)44-20-25(32)19-43-49(37,38)45-23-26(21-41-28(33)15-8-4)47-30(35)17-11-7-3/h25-27,32H,5-24H2,1-4H3,(H,37,38)(H,39,40)/t25-,26+,27+/m0/s1. The number of ether oxygens (including phenoxy) is 4. The molecular weight excluding hydrogens is 706 g/mol. The van der Waals surface area contributed by atoms with Crippen LogP contribution in [0.4, 0.5) is 0 Å². The lowest BCUT2D eigenvalue weighted by atomic mass is 10.1. The number of hydrogen-bond acceptors (Lipinski definition) is 15. The summed E-state index contributed by atoms with van der Waals surface area (Å²) in [6.07, 6.45) is 3.84. The average Bonchev–Trinajstić information content (AvgIpc) is 3.07. The summed E-state index contributed by atoms with van der Waals surface area (Å²) in [5.74, 6) is -2.33. The van der Waals surface area contributed by atoms with Crippen molar-refractivity contribution in [3.8, 4) is 0 Å². The second kappa shape index (κ2) is 28.6. The first-order valence-corrected chi connectivity index (χ1v) is 20.3. The van der Waals surface area contributed by atoms with Gasteiger partial charge in [-0.25, -0.2) is 9.13 Å². The van der Waals surface area contributed by atoms with Crippen LogP contribution in [0.2, 0.25) is 0 Å². The van der Waals surface area contributed by atoms with E-state index in [9.17, 15) is 43.2 Å². The maximum absolute atomic E-state index is 12.4. The molecule has 0 aliphatic rings. The van der Waals surface area contributed by atoms with Crippen LogP contribution in [0.1, 0.15) is 118 Å². The van der Waals surface area contributed by atoms with Crippen molar-refractivity contribution in [2.24, 2.45) is 0 Å². The van der Waals surface area contributed by atoms with Gasteiger partial charge in [-0.3, -0.25) is 37.3 Å². The minimum atomic E-state index is -4.88. The fourth-order valence-electron chi connectivity index (χ4n) is 3.80. The van der Waals surface area contributed by atoms with E-state index >= 15 is 0 Å². The van der Waals surface area contributed by atoms with Gasteiger partial charge in [-0.1, -0.05) is 66.2 Å². The quantitative estimate of drug-likeness (QED) is 0.0351. The van der Waals surface area contributed by atoms with Crippen LogP contribution >= 0.6 is 15.6 Å². The summed E-state index contributed by atoms with van der Waals surface area (Å²) in [4.78, 5) is 68.2. The Morgan fingerprint density at radius 2 is 0.860 bits per heavy atom. The Balaban J connectivity index is 4.96. The lowest BCUT2D eigenvalue weighted by molar-refractivity contribution is -0.161. The molecule has 17 nitrogen and oxygen atoms in total. The van der Waals surface area contributed by atoms with Gasteiger partial charge < -0.3 is 33.8 Å². The van der Waals surface area contributed by atoms with Gasteiger partial charge in [0, 0.05) is 25.7 Å². The number of phosphoric ester groups is 2. The van der Waals surface area contributed by atoms with Gasteiger partial charge >= 0.3 is 39.5 Å². The molecule has 0 saturated carbocycles. The molecule has 5 atom stereocenters. The molecule has 0 rings (SSSR count). The van der Waals surface area contributed by atoms with Gasteiger partial charge in [-0.2, -0.15) is 0 Å². The highest BCUT2D eigenvalue weighted by Crippen LogP contribution is 2.45. The average molecular weight is 765 g/mol. The molecule has 2 unspecified atom stereocenters. The smallest absolute Gasteiger partial charge is 0.462 e. The Bertz CT molecular complexity index is 1060. The first kappa shape index (κ1) is 48.1. The molecule has 0 aliphatic heterocycles. The highest BCUT2D eigenvalue weighted by molar-refractivity contribution is 7.47. The zero-order valence-electron chi connectivity index (χ0n) is 29.8. The molecular formula is C31H58O17P2. The van der Waals surface area contributed by atoms with E-state index in [1.807, 2.05) is 13.8 Å². The van der Waals surface area contributed by atoms with Crippen LogP contribution < -0.4 is 0 Å². The van der Waals surface area contributed by atoms with E-state index in [1.165, 1.54) is 0 Å². The molecule has 0 aliphatic carbocycles. The van der Waals surface area contributed by atoms with Crippen LogP contribution in [0.5, 0.6) is 0 Å². The van der Waals surface area contributed by atoms with Crippen LogP contribution in [-0.4, -0.2) is 96.7 Å². The summed E-state index contributed by atoms with van der Waals surface area (Å²) in [6.45, 7) is 3.58. The van der Waals surface area contributed by atoms with E-state index in [1.54, 1.807) is 6.92 Å². The Kier molecular flexibility index (Phi) is 27.5. The van der Waals surface area contributed by atoms with Crippen molar-refractivity contribution in [2.75, 3.05) is 39.6 Å². The van der Waals surface area contributed by atoms with E-state index < -0.39 is 97.5 Å². The monoisotopic (exact) mass is 764 g/mol. The van der Waals surface area contributed by atoms with Gasteiger partial charge in [-0.05, 0) is 25.7 Å². The second-order valence-corrected chi connectivity index (χ2v) is 14.4. The second-order valence-electron chi connectivity index (χ2n) is 11.5. The summed E-state index contributed by atoms with van der Waals surface area (Å²) < 4.78 is 64.6. The number of phosphoric acid groups is 2. The van der Waals surface area contributed by atoms with Gasteiger partial charge in [0.2, 0.25) is 0 Å². The number of carbonyl (C=O) groups is 4. The van der Waals surface area contributed by atoms with E-state index in [0.29, 0.717) is 25.7 Å². The number of aliphatic hydroxyl groups is 1. The van der Waals surface area contributed by atoms with Gasteiger partial charge in [0.15, 0.2) is 12.2 Å². The SMILES string of the molecule is CCCCCCCC(=O)O[C@H](COC(=O)CCCC)COP(=O)(O)OC[C@@H](O)COP(=O)(O)OC[C@@H](COC(=O)CCC)OC(=O)CCCC. The number of unbranched alkanes of at least 4 members (excludes halogenated alkanes) is 6. The molecule has 50 heavy (non-hydrogen) atoms. The Hall–Kier alpha value is -1.94. The number of carbonyl (C=O) groups excluding carboxylic acids is 4. The largest absolute Gasteiger partial charge is 0.472 e. The molecule has 0 amide bonds. The molecule has 0 spiro atoms. The first-order valence-electron chi connectivity index (χ1n) is 17.3. The van der Waals surface area contributed by atoms with Crippen LogP contribution in [0.15, 0.2) is 0 Å². The van der Waals surface area contributed by atoms with Crippen molar-refractivity contribution in [3.63, 3.8) is 0 Å². The molecule has 0 fully saturated rings. The van der Waals surface area contributed by atoms with E-state index in [0.717, 1.165) is 38.5 Å². The van der Waals surface area contributed by atoms with Gasteiger partial charge in [-0.15, -0.1) is 0 Å². The van der Waals surface area contributed by atoms with Crippen molar-refractivity contribution in [3.05, 3.63) is 0 Å². The first-order chi connectivity index (χ1) is 23.7. The Morgan fingerprint density at radius 1 is 0.480 bits per heavy atom. The Morgan fingerprint density at radius 3 is 1.30 bits per heavy atom. The lowest BCUT2D eigenvalue weighted by Gasteiger charge is -2.21. The maximum Gasteiger partial charge on any atom is 0.472 e. The molecule has 0 saturated heterocycles. The van der Waals surface area contributed by atoms with Gasteiger partial charge in [0.25, 0.3) is 0 Å². The van der Waals surface area contributed by atoms with Crippen molar-refractivity contribution >= 4 is 39.5 Å². The number of hydrogen-bond donors (Lipinski definition) is 3. The summed E-state index contributed by atoms with van der Waals surface area (Å²) in [5, 5.41) is 10.1. The molecule has 0 radical (unpaired) electrons. The Labute approximate surface area is 295 Å². The third-order valence-electron chi connectivity index (χ3n) is 6.57. The van der Waals surface area contributed by atoms with Crippen LogP contribution in [0.3, 0.4) is 0 Å². The van der Waals surface area contributed by atoms with Gasteiger partial charge in [0.05, 0.1) is 26.4 Å². The molecule has 0 bridgehead atoms. The van der Waals surface area contributed by atoms with Crippen molar-refractivity contribution in [2.45, 2.75) is 136 Å². The van der Waals surface area contributed by atoms with E-state index in [2.05, 4.69) is 6.92 Å². The third kappa shape index (κ3) is 27.7. The highest BCUT2D eigenvalue weighted by Gasteiger charge is 2.30. The zero-order chi connectivity index (χ0) is 37.8. The topological polar surface area (TPSA) is 237 Å². The van der Waals surface area contributed by atoms with E-state index in [4.69, 9.17) is 37.0 Å². The molecule has 19 heteroatoms. The van der Waals surface area contributed by atoms with Crippen molar-refractivity contribution < 1.29 is 80.2 Å². The molecule has 0 aromatic heterocycles. The minimum Gasteiger partial charge on any atom is -0.462 e. The van der Waals surface area contributed by atoms with Gasteiger partial charge in [0.1, 0.15) is 19.3 Å². The summed E-state index contributed by atoms with van der Waals surface area (Å²) in [7, 11) is -9.74. The normalized spacial score (nSPS) is 15.6. The minimum absolute atomic E-state index is 0.0747.